The lowest BCUT2D eigenvalue weighted by molar-refractivity contribution is -0.0402. The van der Waals surface area contributed by atoms with E-state index in [9.17, 15) is 0 Å². The maximum atomic E-state index is 5.79. The number of likely N-dealkylation sites (N-methyl/N-ethyl adjacent to an activating group) is 1. The molecule has 1 N–H and O–H groups in total. The van der Waals surface area contributed by atoms with E-state index in [-0.39, 0.29) is 11.6 Å². The normalized spacial score (nSPS) is 14.1. The van der Waals surface area contributed by atoms with Crippen molar-refractivity contribution in [2.75, 3.05) is 13.7 Å². The molecule has 0 saturated carbocycles. The zero-order chi connectivity index (χ0) is 12.2. The summed E-state index contributed by atoms with van der Waals surface area (Å²) < 4.78 is 7.93. The van der Waals surface area contributed by atoms with Crippen LogP contribution in [-0.4, -0.2) is 28.8 Å². The van der Waals surface area contributed by atoms with Gasteiger partial charge in [0.2, 0.25) is 0 Å². The Hall–Kier alpha value is -0.870. The molecule has 0 fully saturated rings. The van der Waals surface area contributed by atoms with Crippen LogP contribution >= 0.6 is 0 Å². The van der Waals surface area contributed by atoms with Gasteiger partial charge in [-0.05, 0) is 34.7 Å². The van der Waals surface area contributed by atoms with Crippen LogP contribution in [0, 0.1) is 0 Å². The number of rotatable bonds is 6. The number of imidazole rings is 1. The van der Waals surface area contributed by atoms with Crippen molar-refractivity contribution in [3.63, 3.8) is 0 Å². The lowest BCUT2D eigenvalue weighted by atomic mass is 9.97. The van der Waals surface area contributed by atoms with Gasteiger partial charge < -0.3 is 14.6 Å². The molecule has 1 heterocycles. The molecule has 92 valence electrons. The van der Waals surface area contributed by atoms with Gasteiger partial charge in [-0.25, -0.2) is 4.98 Å². The predicted octanol–water partition coefficient (Wildman–Crippen LogP) is 1.98. The zero-order valence-electron chi connectivity index (χ0n) is 10.9. The fraction of sp³-hybridized carbons (Fsp3) is 0.750. The summed E-state index contributed by atoms with van der Waals surface area (Å²) in [5.41, 5.74) is -0.262. The van der Waals surface area contributed by atoms with E-state index in [4.69, 9.17) is 4.74 Å². The van der Waals surface area contributed by atoms with Crippen LogP contribution in [0.25, 0.3) is 0 Å². The molecule has 0 bridgehead atoms. The van der Waals surface area contributed by atoms with Crippen molar-refractivity contribution < 1.29 is 4.74 Å². The molecule has 4 nitrogen and oxygen atoms in total. The van der Waals surface area contributed by atoms with E-state index in [1.807, 2.05) is 26.4 Å². The molecule has 16 heavy (non-hydrogen) atoms. The third kappa shape index (κ3) is 2.62. The Balaban J connectivity index is 2.97. The standard InChI is InChI=1S/C12H23N3O/c1-6-15-9-8-14-11(15)10(13-5)12(3,4)16-7-2/h8-10,13H,6-7H2,1-5H3. The summed E-state index contributed by atoms with van der Waals surface area (Å²) >= 11 is 0. The third-order valence-corrected chi connectivity index (χ3v) is 2.85. The van der Waals surface area contributed by atoms with Gasteiger partial charge in [0.15, 0.2) is 0 Å². The molecule has 1 aromatic rings. The Bertz CT molecular complexity index is 320. The minimum atomic E-state index is -0.262. The van der Waals surface area contributed by atoms with Crippen LogP contribution in [0.4, 0.5) is 0 Å². The van der Waals surface area contributed by atoms with Crippen LogP contribution in [0.5, 0.6) is 0 Å². The summed E-state index contributed by atoms with van der Waals surface area (Å²) in [5, 5.41) is 3.30. The third-order valence-electron chi connectivity index (χ3n) is 2.85. The first-order valence-electron chi connectivity index (χ1n) is 5.89. The monoisotopic (exact) mass is 225 g/mol. The highest BCUT2D eigenvalue weighted by atomic mass is 16.5. The summed E-state index contributed by atoms with van der Waals surface area (Å²) in [7, 11) is 1.94. The van der Waals surface area contributed by atoms with E-state index in [1.54, 1.807) is 0 Å². The molecule has 1 atom stereocenters. The molecule has 0 spiro atoms. The highest BCUT2D eigenvalue weighted by Crippen LogP contribution is 2.27. The first-order chi connectivity index (χ1) is 7.56. The number of nitrogens with zero attached hydrogens (tertiary/aromatic N) is 2. The molecule has 1 unspecified atom stereocenters. The summed E-state index contributed by atoms with van der Waals surface area (Å²) in [6.45, 7) is 9.94. The molecule has 1 rings (SSSR count). The second kappa shape index (κ2) is 5.46. The summed E-state index contributed by atoms with van der Waals surface area (Å²) in [6, 6.07) is 0.0994. The Morgan fingerprint density at radius 3 is 2.69 bits per heavy atom. The molecular weight excluding hydrogens is 202 g/mol. The number of ether oxygens (including phenoxy) is 1. The lowest BCUT2D eigenvalue weighted by Gasteiger charge is -2.33. The minimum Gasteiger partial charge on any atom is -0.374 e. The van der Waals surface area contributed by atoms with Crippen LogP contribution in [0.1, 0.15) is 39.6 Å². The van der Waals surface area contributed by atoms with E-state index >= 15 is 0 Å². The second-order valence-corrected chi connectivity index (χ2v) is 4.33. The maximum absolute atomic E-state index is 5.79. The smallest absolute Gasteiger partial charge is 0.128 e. The average Bonchev–Trinajstić information content (AvgIpc) is 2.66. The Kier molecular flexibility index (Phi) is 4.50. The van der Waals surface area contributed by atoms with Crippen molar-refractivity contribution in [1.29, 1.82) is 0 Å². The summed E-state index contributed by atoms with van der Waals surface area (Å²) in [5.74, 6) is 1.03. The van der Waals surface area contributed by atoms with Crippen molar-refractivity contribution in [3.8, 4) is 0 Å². The van der Waals surface area contributed by atoms with Gasteiger partial charge in [-0.15, -0.1) is 0 Å². The molecule has 0 saturated heterocycles. The van der Waals surface area contributed by atoms with Gasteiger partial charge in [-0.3, -0.25) is 0 Å². The SMILES string of the molecule is CCOC(C)(C)C(NC)c1nccn1CC. The van der Waals surface area contributed by atoms with E-state index in [0.29, 0.717) is 6.61 Å². The van der Waals surface area contributed by atoms with Gasteiger partial charge in [0.05, 0.1) is 11.6 Å². The first kappa shape index (κ1) is 13.2. The molecule has 0 amide bonds. The van der Waals surface area contributed by atoms with Crippen LogP contribution in [0.15, 0.2) is 12.4 Å². The number of aryl methyl sites for hydroxylation is 1. The average molecular weight is 225 g/mol. The van der Waals surface area contributed by atoms with Crippen molar-refractivity contribution in [3.05, 3.63) is 18.2 Å². The van der Waals surface area contributed by atoms with Gasteiger partial charge in [-0.2, -0.15) is 0 Å². The highest BCUT2D eigenvalue weighted by molar-refractivity contribution is 5.05. The quantitative estimate of drug-likeness (QED) is 0.804. The van der Waals surface area contributed by atoms with Gasteiger partial charge in [0, 0.05) is 25.5 Å². The van der Waals surface area contributed by atoms with Gasteiger partial charge in [-0.1, -0.05) is 0 Å². The number of aromatic nitrogens is 2. The molecule has 0 aliphatic rings. The molecule has 4 heteroatoms. The van der Waals surface area contributed by atoms with E-state index in [1.165, 1.54) is 0 Å². The van der Waals surface area contributed by atoms with Crippen molar-refractivity contribution >= 4 is 0 Å². The number of hydrogen-bond acceptors (Lipinski definition) is 3. The Labute approximate surface area is 98.0 Å². The van der Waals surface area contributed by atoms with Crippen LogP contribution < -0.4 is 5.32 Å². The molecule has 0 aromatic carbocycles. The maximum Gasteiger partial charge on any atom is 0.128 e. The van der Waals surface area contributed by atoms with Crippen molar-refractivity contribution in [2.24, 2.45) is 0 Å². The number of nitrogens with one attached hydrogen (secondary N) is 1. The topological polar surface area (TPSA) is 39.1 Å². The summed E-state index contributed by atoms with van der Waals surface area (Å²) in [4.78, 5) is 4.43. The van der Waals surface area contributed by atoms with E-state index < -0.39 is 0 Å². The Morgan fingerprint density at radius 2 is 2.19 bits per heavy atom. The van der Waals surface area contributed by atoms with Crippen molar-refractivity contribution in [1.82, 2.24) is 14.9 Å². The van der Waals surface area contributed by atoms with Crippen LogP contribution in [-0.2, 0) is 11.3 Å². The second-order valence-electron chi connectivity index (χ2n) is 4.33. The highest BCUT2D eigenvalue weighted by Gasteiger charge is 2.33. The summed E-state index contributed by atoms with van der Waals surface area (Å²) in [6.07, 6.45) is 3.84. The van der Waals surface area contributed by atoms with E-state index in [0.717, 1.165) is 12.4 Å². The van der Waals surface area contributed by atoms with Crippen LogP contribution in [0.2, 0.25) is 0 Å². The van der Waals surface area contributed by atoms with Crippen molar-refractivity contribution in [2.45, 2.75) is 45.9 Å². The van der Waals surface area contributed by atoms with Crippen LogP contribution in [0.3, 0.4) is 0 Å². The fourth-order valence-electron chi connectivity index (χ4n) is 2.09. The Morgan fingerprint density at radius 1 is 1.50 bits per heavy atom. The fourth-order valence-corrected chi connectivity index (χ4v) is 2.09. The molecule has 0 aliphatic heterocycles. The predicted molar refractivity (Wildman–Crippen MR) is 65.4 cm³/mol. The van der Waals surface area contributed by atoms with Gasteiger partial charge >= 0.3 is 0 Å². The molecular formula is C12H23N3O. The largest absolute Gasteiger partial charge is 0.374 e. The van der Waals surface area contributed by atoms with Gasteiger partial charge in [0.1, 0.15) is 5.82 Å². The first-order valence-corrected chi connectivity index (χ1v) is 5.89. The van der Waals surface area contributed by atoms with E-state index in [2.05, 4.69) is 35.6 Å². The number of hydrogen-bond donors (Lipinski definition) is 1. The minimum absolute atomic E-state index is 0.0994. The lowest BCUT2D eigenvalue weighted by Crippen LogP contribution is -2.41. The molecule has 1 aromatic heterocycles. The zero-order valence-corrected chi connectivity index (χ0v) is 10.9. The molecule has 0 aliphatic carbocycles. The van der Waals surface area contributed by atoms with Gasteiger partial charge in [0.25, 0.3) is 0 Å². The molecule has 0 radical (unpaired) electrons.